The van der Waals surface area contributed by atoms with E-state index in [0.29, 0.717) is 11.5 Å². The van der Waals surface area contributed by atoms with Crippen molar-refractivity contribution in [3.8, 4) is 0 Å². The first-order valence-corrected chi connectivity index (χ1v) is 9.16. The minimum atomic E-state index is -1.17. The van der Waals surface area contributed by atoms with Gasteiger partial charge in [-0.25, -0.2) is 0 Å². The lowest BCUT2D eigenvalue weighted by Crippen LogP contribution is -2.44. The number of rotatable bonds is 6. The Kier molecular flexibility index (Phi) is 6.16. The van der Waals surface area contributed by atoms with Crippen molar-refractivity contribution in [2.45, 2.75) is 58.0 Å². The number of allylic oxidation sites excluding steroid dienone is 4. The molecule has 0 saturated heterocycles. The number of unbranched alkanes of at least 4 members (excludes halogenated alkanes) is 1. The van der Waals surface area contributed by atoms with Gasteiger partial charge in [-0.15, -0.1) is 11.6 Å². The number of hydrogen-bond acceptors (Lipinski definition) is 2. The van der Waals surface area contributed by atoms with E-state index in [-0.39, 0.29) is 17.6 Å². The molecule has 128 valence electrons. The highest BCUT2D eigenvalue weighted by molar-refractivity contribution is 6.17. The topological polar surface area (TPSA) is 40.5 Å². The summed E-state index contributed by atoms with van der Waals surface area (Å²) in [4.78, 5) is 0. The van der Waals surface area contributed by atoms with E-state index in [1.54, 1.807) is 0 Å². The monoisotopic (exact) mass is 336 g/mol. The van der Waals surface area contributed by atoms with Gasteiger partial charge in [0, 0.05) is 5.88 Å². The van der Waals surface area contributed by atoms with Gasteiger partial charge in [0.25, 0.3) is 0 Å². The molecule has 3 atom stereocenters. The zero-order chi connectivity index (χ0) is 17.0. The van der Waals surface area contributed by atoms with Crippen molar-refractivity contribution in [2.24, 2.45) is 11.8 Å². The molecule has 0 aromatic carbocycles. The second kappa shape index (κ2) is 7.72. The minimum absolute atomic E-state index is 0.155. The van der Waals surface area contributed by atoms with Crippen LogP contribution in [0.4, 0.5) is 0 Å². The molecule has 2 unspecified atom stereocenters. The maximum atomic E-state index is 11.3. The third-order valence-electron chi connectivity index (χ3n) is 5.10. The predicted octanol–water partition coefficient (Wildman–Crippen LogP) is 5.45. The van der Waals surface area contributed by atoms with Crippen molar-refractivity contribution in [1.82, 2.24) is 0 Å². The molecule has 0 bridgehead atoms. The molecule has 0 radical (unpaired) electrons. The predicted molar refractivity (Wildman–Crippen MR) is 97.7 cm³/mol. The van der Waals surface area contributed by atoms with Crippen LogP contribution >= 0.6 is 11.6 Å². The molecule has 2 aliphatic rings. The quantitative estimate of drug-likeness (QED) is 0.385. The molecule has 0 amide bonds. The summed E-state index contributed by atoms with van der Waals surface area (Å²) in [6.45, 7) is 7.98. The van der Waals surface area contributed by atoms with Gasteiger partial charge in [0.2, 0.25) is 0 Å². The first-order chi connectivity index (χ1) is 10.9. The third-order valence-corrected chi connectivity index (χ3v) is 5.37. The third kappa shape index (κ3) is 4.10. The van der Waals surface area contributed by atoms with Gasteiger partial charge in [-0.2, -0.15) is 0 Å². The Morgan fingerprint density at radius 3 is 2.78 bits per heavy atom. The Balaban J connectivity index is 2.31. The van der Waals surface area contributed by atoms with Gasteiger partial charge in [0.15, 0.2) is 0 Å². The highest BCUT2D eigenvalue weighted by atomic mass is 35.5. The second-order valence-electron chi connectivity index (χ2n) is 7.09. The van der Waals surface area contributed by atoms with Gasteiger partial charge in [-0.1, -0.05) is 18.2 Å². The second-order valence-corrected chi connectivity index (χ2v) is 7.46. The largest absolute Gasteiger partial charge is 0.512 e. The Morgan fingerprint density at radius 1 is 1.43 bits per heavy atom. The number of aliphatic hydroxyl groups excluding tert-OH is 1. The van der Waals surface area contributed by atoms with Crippen molar-refractivity contribution in [3.63, 3.8) is 0 Å². The van der Waals surface area contributed by atoms with Crippen molar-refractivity contribution in [3.05, 3.63) is 47.3 Å². The smallest absolute Gasteiger partial charge is 0.114 e. The van der Waals surface area contributed by atoms with Gasteiger partial charge in [-0.3, -0.25) is 0 Å². The first-order valence-electron chi connectivity index (χ1n) is 8.62. The summed E-state index contributed by atoms with van der Waals surface area (Å²) in [5.74, 6) is 0.756. The van der Waals surface area contributed by atoms with Crippen LogP contribution in [-0.2, 0) is 0 Å². The van der Waals surface area contributed by atoms with Crippen molar-refractivity contribution >= 4 is 11.6 Å². The van der Waals surface area contributed by atoms with E-state index >= 15 is 0 Å². The molecule has 0 heterocycles. The Bertz CT molecular complexity index is 544. The van der Waals surface area contributed by atoms with Crippen LogP contribution in [0.25, 0.3) is 0 Å². The minimum Gasteiger partial charge on any atom is -0.512 e. The van der Waals surface area contributed by atoms with Gasteiger partial charge < -0.3 is 10.2 Å². The summed E-state index contributed by atoms with van der Waals surface area (Å²) in [5.41, 5.74) is 1.84. The molecule has 0 saturated carbocycles. The van der Waals surface area contributed by atoms with E-state index in [4.69, 9.17) is 11.6 Å². The van der Waals surface area contributed by atoms with Gasteiger partial charge in [0.1, 0.15) is 5.60 Å². The molecule has 2 N–H and O–H groups in total. The number of halogens is 1. The molecule has 2 aliphatic carbocycles. The molecule has 3 heteroatoms. The van der Waals surface area contributed by atoms with Gasteiger partial charge in [0.05, 0.1) is 11.7 Å². The van der Waals surface area contributed by atoms with E-state index in [1.165, 1.54) is 5.57 Å². The van der Waals surface area contributed by atoms with E-state index in [2.05, 4.69) is 19.6 Å². The molecule has 0 aliphatic heterocycles. The summed E-state index contributed by atoms with van der Waals surface area (Å²) in [6.07, 6.45) is 11.9. The van der Waals surface area contributed by atoms with Crippen molar-refractivity contribution in [2.75, 3.05) is 5.88 Å². The molecule has 2 rings (SSSR count). The maximum absolute atomic E-state index is 11.3. The molecule has 0 aromatic rings. The standard InChI is InChI=1S/C20H29ClO2/c1-14(2)20(23)13-16(8-4-5-10-21)12-18(22)19(20)17-9-6-7-15(3)11-17/h11-13,17,19,22-23H,1,4-10H2,2-3H3/t17?,19-,20?/m1/s1. The first kappa shape index (κ1) is 18.4. The Morgan fingerprint density at radius 2 is 2.17 bits per heavy atom. The van der Waals surface area contributed by atoms with E-state index in [9.17, 15) is 10.2 Å². The van der Waals surface area contributed by atoms with Crippen LogP contribution < -0.4 is 0 Å². The fourth-order valence-electron chi connectivity index (χ4n) is 3.83. The van der Waals surface area contributed by atoms with Crippen molar-refractivity contribution < 1.29 is 10.2 Å². The molecule has 0 fully saturated rings. The Labute approximate surface area is 145 Å². The number of alkyl halides is 1. The summed E-state index contributed by atoms with van der Waals surface area (Å²) < 4.78 is 0. The lowest BCUT2D eigenvalue weighted by Gasteiger charge is -2.42. The van der Waals surface area contributed by atoms with Crippen LogP contribution in [-0.4, -0.2) is 21.7 Å². The normalized spacial score (nSPS) is 31.2. The fraction of sp³-hybridized carbons (Fsp3) is 0.600. The van der Waals surface area contributed by atoms with E-state index in [1.807, 2.05) is 19.1 Å². The van der Waals surface area contributed by atoms with Crippen molar-refractivity contribution in [1.29, 1.82) is 0 Å². The lowest BCUT2D eigenvalue weighted by molar-refractivity contribution is 0.0328. The molecule has 0 spiro atoms. The maximum Gasteiger partial charge on any atom is 0.114 e. The Hall–Kier alpha value is -0.990. The molecule has 23 heavy (non-hydrogen) atoms. The average molecular weight is 337 g/mol. The van der Waals surface area contributed by atoms with E-state index < -0.39 is 5.60 Å². The average Bonchev–Trinajstić information content (AvgIpc) is 2.47. The highest BCUT2D eigenvalue weighted by Crippen LogP contribution is 2.45. The van der Waals surface area contributed by atoms with Crippen LogP contribution in [0.1, 0.15) is 52.4 Å². The van der Waals surface area contributed by atoms with E-state index in [0.717, 1.165) is 44.1 Å². The lowest BCUT2D eigenvalue weighted by atomic mass is 9.67. The van der Waals surface area contributed by atoms with Crippen LogP contribution in [0.5, 0.6) is 0 Å². The molecule has 2 nitrogen and oxygen atoms in total. The van der Waals surface area contributed by atoms with Crippen LogP contribution in [0.2, 0.25) is 0 Å². The zero-order valence-corrected chi connectivity index (χ0v) is 15.1. The summed E-state index contributed by atoms with van der Waals surface area (Å²) >= 11 is 5.74. The molecular formula is C20H29ClO2. The summed E-state index contributed by atoms with van der Waals surface area (Å²) in [6, 6.07) is 0. The fourth-order valence-corrected chi connectivity index (χ4v) is 4.02. The molecule has 0 aromatic heterocycles. The van der Waals surface area contributed by atoms with Gasteiger partial charge >= 0.3 is 0 Å². The molecular weight excluding hydrogens is 308 g/mol. The van der Waals surface area contributed by atoms with Crippen LogP contribution in [0.15, 0.2) is 47.3 Å². The van der Waals surface area contributed by atoms with Crippen LogP contribution in [0.3, 0.4) is 0 Å². The van der Waals surface area contributed by atoms with Crippen LogP contribution in [0, 0.1) is 11.8 Å². The number of hydrogen-bond donors (Lipinski definition) is 2. The number of aliphatic hydroxyl groups is 2. The van der Waals surface area contributed by atoms with Gasteiger partial charge in [-0.05, 0) is 81.6 Å². The highest BCUT2D eigenvalue weighted by Gasteiger charge is 2.45. The summed E-state index contributed by atoms with van der Waals surface area (Å²) in [5, 5.41) is 22.0. The SMILES string of the molecule is C=C(C)C1(O)C=C(CCCCCl)C=C(O)[C@H]1C1C=C(C)CCC1. The summed E-state index contributed by atoms with van der Waals surface area (Å²) in [7, 11) is 0. The zero-order valence-electron chi connectivity index (χ0n) is 14.3.